The Hall–Kier alpha value is -1.37. The van der Waals surface area contributed by atoms with Gasteiger partial charge in [0, 0.05) is 25.3 Å². The van der Waals surface area contributed by atoms with Crippen LogP contribution in [-0.4, -0.2) is 38.5 Å². The number of aliphatic hydroxyl groups excluding tert-OH is 1. The third kappa shape index (κ3) is 3.59. The van der Waals surface area contributed by atoms with Crippen LogP contribution in [0.5, 0.6) is 0 Å². The molecule has 0 spiro atoms. The number of nitrogens with zero attached hydrogens (tertiary/aromatic N) is 3. The first-order valence-corrected chi connectivity index (χ1v) is 7.86. The molecule has 0 amide bonds. The van der Waals surface area contributed by atoms with Crippen molar-refractivity contribution in [3.63, 3.8) is 0 Å². The van der Waals surface area contributed by atoms with Crippen LogP contribution in [-0.2, 0) is 13.1 Å². The van der Waals surface area contributed by atoms with E-state index in [1.165, 1.54) is 18.4 Å². The molecule has 0 aliphatic heterocycles. The lowest BCUT2D eigenvalue weighted by Crippen LogP contribution is -2.35. The Bertz CT molecular complexity index is 535. The number of aliphatic hydroxyl groups is 1. The molecular formula is C14H20N4OS. The van der Waals surface area contributed by atoms with Gasteiger partial charge < -0.3 is 10.8 Å². The highest BCUT2D eigenvalue weighted by Crippen LogP contribution is 2.28. The second-order valence-corrected chi connectivity index (χ2v) is 6.22. The molecule has 0 bridgehead atoms. The van der Waals surface area contributed by atoms with E-state index in [1.54, 1.807) is 28.4 Å². The maximum atomic E-state index is 10.2. The van der Waals surface area contributed by atoms with Crippen molar-refractivity contribution in [2.24, 2.45) is 0 Å². The van der Waals surface area contributed by atoms with E-state index in [2.05, 4.69) is 26.8 Å². The average Bonchev–Trinajstić information content (AvgIpc) is 2.99. The van der Waals surface area contributed by atoms with Crippen molar-refractivity contribution in [3.8, 4) is 0 Å². The number of thiophene rings is 1. The van der Waals surface area contributed by atoms with Gasteiger partial charge in [-0.2, -0.15) is 16.4 Å². The van der Waals surface area contributed by atoms with Gasteiger partial charge in [-0.15, -0.1) is 0 Å². The van der Waals surface area contributed by atoms with Gasteiger partial charge in [0.05, 0.1) is 24.5 Å². The maximum absolute atomic E-state index is 10.2. The average molecular weight is 292 g/mol. The van der Waals surface area contributed by atoms with Crippen LogP contribution in [0.4, 0.5) is 5.69 Å². The number of rotatable bonds is 7. The summed E-state index contributed by atoms with van der Waals surface area (Å²) in [6, 6.07) is 2.79. The fraction of sp³-hybridized carbons (Fsp3) is 0.500. The van der Waals surface area contributed by atoms with Gasteiger partial charge >= 0.3 is 0 Å². The van der Waals surface area contributed by atoms with Crippen molar-refractivity contribution in [1.29, 1.82) is 0 Å². The van der Waals surface area contributed by atoms with Crippen molar-refractivity contribution < 1.29 is 5.11 Å². The molecule has 3 rings (SSSR count). The SMILES string of the molecule is Nc1cnn(CC(O)CN(Cc2ccsc2)C2CC2)c1. The Labute approximate surface area is 122 Å². The molecule has 0 saturated heterocycles. The number of anilines is 1. The summed E-state index contributed by atoms with van der Waals surface area (Å²) in [6.07, 6.45) is 5.42. The highest BCUT2D eigenvalue weighted by Gasteiger charge is 2.30. The van der Waals surface area contributed by atoms with Crippen molar-refractivity contribution in [2.45, 2.75) is 38.1 Å². The Kier molecular flexibility index (Phi) is 4.05. The standard InChI is InChI=1S/C14H20N4OS/c15-12-5-16-18(7-12)9-14(19)8-17(13-1-2-13)6-11-3-4-20-10-11/h3-5,7,10,13-14,19H,1-2,6,8-9,15H2. The van der Waals surface area contributed by atoms with Crippen LogP contribution in [0.1, 0.15) is 18.4 Å². The first-order valence-electron chi connectivity index (χ1n) is 6.92. The van der Waals surface area contributed by atoms with Gasteiger partial charge in [-0.3, -0.25) is 9.58 Å². The lowest BCUT2D eigenvalue weighted by atomic mass is 10.2. The predicted molar refractivity (Wildman–Crippen MR) is 80.4 cm³/mol. The van der Waals surface area contributed by atoms with E-state index in [9.17, 15) is 5.11 Å². The van der Waals surface area contributed by atoms with Crippen LogP contribution in [0.25, 0.3) is 0 Å². The maximum Gasteiger partial charge on any atom is 0.0862 e. The van der Waals surface area contributed by atoms with E-state index in [-0.39, 0.29) is 0 Å². The second kappa shape index (κ2) is 5.95. The van der Waals surface area contributed by atoms with Gasteiger partial charge in [0.15, 0.2) is 0 Å². The molecule has 1 fully saturated rings. The van der Waals surface area contributed by atoms with E-state index in [4.69, 9.17) is 5.73 Å². The number of nitrogens with two attached hydrogens (primary N) is 1. The summed E-state index contributed by atoms with van der Waals surface area (Å²) >= 11 is 1.72. The van der Waals surface area contributed by atoms with Gasteiger partial charge in [0.25, 0.3) is 0 Å². The summed E-state index contributed by atoms with van der Waals surface area (Å²) < 4.78 is 1.70. The van der Waals surface area contributed by atoms with Crippen LogP contribution >= 0.6 is 11.3 Å². The summed E-state index contributed by atoms with van der Waals surface area (Å²) in [5.74, 6) is 0. The zero-order valence-corrected chi connectivity index (χ0v) is 12.2. The van der Waals surface area contributed by atoms with Crippen LogP contribution in [0, 0.1) is 0 Å². The largest absolute Gasteiger partial charge is 0.396 e. The molecule has 6 heteroatoms. The van der Waals surface area contributed by atoms with Gasteiger partial charge in [0.2, 0.25) is 0 Å². The minimum Gasteiger partial charge on any atom is -0.396 e. The first-order chi connectivity index (χ1) is 9.70. The molecule has 20 heavy (non-hydrogen) atoms. The van der Waals surface area contributed by atoms with Crippen LogP contribution in [0.15, 0.2) is 29.2 Å². The smallest absolute Gasteiger partial charge is 0.0862 e. The van der Waals surface area contributed by atoms with Gasteiger partial charge in [-0.1, -0.05) is 0 Å². The van der Waals surface area contributed by atoms with E-state index >= 15 is 0 Å². The third-order valence-electron chi connectivity index (χ3n) is 3.53. The van der Waals surface area contributed by atoms with E-state index in [0.29, 0.717) is 24.8 Å². The molecule has 2 aromatic rings. The predicted octanol–water partition coefficient (Wildman–Crippen LogP) is 1.55. The fourth-order valence-corrected chi connectivity index (χ4v) is 3.08. The van der Waals surface area contributed by atoms with Crippen LogP contribution < -0.4 is 5.73 Å². The van der Waals surface area contributed by atoms with Crippen molar-refractivity contribution in [1.82, 2.24) is 14.7 Å². The van der Waals surface area contributed by atoms with E-state index in [0.717, 1.165) is 6.54 Å². The molecule has 2 aromatic heterocycles. The number of aromatic nitrogens is 2. The Morgan fingerprint density at radius 3 is 3.00 bits per heavy atom. The normalized spacial score (nSPS) is 16.7. The molecule has 3 N–H and O–H groups in total. The Balaban J connectivity index is 1.55. The van der Waals surface area contributed by atoms with E-state index in [1.807, 2.05) is 0 Å². The number of hydrogen-bond acceptors (Lipinski definition) is 5. The summed E-state index contributed by atoms with van der Waals surface area (Å²) in [4.78, 5) is 2.37. The van der Waals surface area contributed by atoms with Crippen molar-refractivity contribution in [3.05, 3.63) is 34.8 Å². The molecule has 1 unspecified atom stereocenters. The molecule has 2 heterocycles. The Morgan fingerprint density at radius 1 is 1.55 bits per heavy atom. The summed E-state index contributed by atoms with van der Waals surface area (Å²) in [6.45, 7) is 2.09. The van der Waals surface area contributed by atoms with Crippen LogP contribution in [0.3, 0.4) is 0 Å². The summed E-state index contributed by atoms with van der Waals surface area (Å²) in [5.41, 5.74) is 7.59. The third-order valence-corrected chi connectivity index (χ3v) is 4.26. The molecule has 5 nitrogen and oxygen atoms in total. The highest BCUT2D eigenvalue weighted by atomic mass is 32.1. The highest BCUT2D eigenvalue weighted by molar-refractivity contribution is 7.07. The van der Waals surface area contributed by atoms with E-state index < -0.39 is 6.10 Å². The zero-order chi connectivity index (χ0) is 13.9. The van der Waals surface area contributed by atoms with Crippen molar-refractivity contribution in [2.75, 3.05) is 12.3 Å². The lowest BCUT2D eigenvalue weighted by Gasteiger charge is -2.24. The lowest BCUT2D eigenvalue weighted by molar-refractivity contribution is 0.0876. The molecule has 1 atom stereocenters. The number of hydrogen-bond donors (Lipinski definition) is 2. The molecule has 108 valence electrons. The van der Waals surface area contributed by atoms with Gasteiger partial charge in [-0.25, -0.2) is 0 Å². The molecular weight excluding hydrogens is 272 g/mol. The second-order valence-electron chi connectivity index (χ2n) is 5.44. The monoisotopic (exact) mass is 292 g/mol. The first kappa shape index (κ1) is 13.6. The molecule has 1 aliphatic carbocycles. The van der Waals surface area contributed by atoms with Crippen LogP contribution in [0.2, 0.25) is 0 Å². The number of nitrogen functional groups attached to an aromatic ring is 1. The summed E-state index contributed by atoms with van der Waals surface area (Å²) in [5, 5.41) is 18.6. The zero-order valence-electron chi connectivity index (χ0n) is 11.4. The van der Waals surface area contributed by atoms with Gasteiger partial charge in [-0.05, 0) is 35.2 Å². The fourth-order valence-electron chi connectivity index (χ4n) is 2.42. The minimum atomic E-state index is -0.423. The van der Waals surface area contributed by atoms with Gasteiger partial charge in [0.1, 0.15) is 0 Å². The topological polar surface area (TPSA) is 67.3 Å². The summed E-state index contributed by atoms with van der Waals surface area (Å²) in [7, 11) is 0. The quantitative estimate of drug-likeness (QED) is 0.812. The molecule has 1 aliphatic rings. The minimum absolute atomic E-state index is 0.423. The Morgan fingerprint density at radius 2 is 2.40 bits per heavy atom. The molecule has 0 aromatic carbocycles. The van der Waals surface area contributed by atoms with Crippen molar-refractivity contribution >= 4 is 17.0 Å². The molecule has 1 saturated carbocycles. The molecule has 0 radical (unpaired) electrons.